The summed E-state index contributed by atoms with van der Waals surface area (Å²) in [6.45, 7) is 11.6. The predicted octanol–water partition coefficient (Wildman–Crippen LogP) is 1.25. The molecular weight excluding hydrogens is 256 g/mol. The molecule has 0 atom stereocenters. The Kier molecular flexibility index (Phi) is 4.32. The van der Waals surface area contributed by atoms with Crippen LogP contribution in [0.4, 0.5) is 5.82 Å². The molecule has 1 aliphatic rings. The molecule has 1 aromatic heterocycles. The summed E-state index contributed by atoms with van der Waals surface area (Å²) in [6, 6.07) is 0. The highest BCUT2D eigenvalue weighted by atomic mass is 16.5. The summed E-state index contributed by atoms with van der Waals surface area (Å²) >= 11 is 0. The van der Waals surface area contributed by atoms with E-state index in [2.05, 4.69) is 21.5 Å². The molecule has 110 valence electrons. The van der Waals surface area contributed by atoms with Crippen LogP contribution >= 0.6 is 0 Å². The van der Waals surface area contributed by atoms with E-state index in [0.29, 0.717) is 18.0 Å². The maximum atomic E-state index is 12.0. The molecule has 0 saturated carbocycles. The highest BCUT2D eigenvalue weighted by molar-refractivity contribution is 5.94. The van der Waals surface area contributed by atoms with Gasteiger partial charge in [0.1, 0.15) is 5.56 Å². The number of allylic oxidation sites excluding steroid dienone is 1. The Bertz CT molecular complexity index is 501. The predicted molar refractivity (Wildman–Crippen MR) is 77.8 cm³/mol. The molecule has 0 unspecified atom stereocenters. The Morgan fingerprint density at radius 1 is 1.40 bits per heavy atom. The Labute approximate surface area is 119 Å². The fraction of sp³-hybridized carbons (Fsp3) is 0.571. The highest BCUT2D eigenvalue weighted by Gasteiger charge is 2.25. The lowest BCUT2D eigenvalue weighted by atomic mass is 10.2. The zero-order valence-electron chi connectivity index (χ0n) is 12.4. The van der Waals surface area contributed by atoms with Crippen LogP contribution in [0.1, 0.15) is 24.2 Å². The first kappa shape index (κ1) is 14.4. The average molecular weight is 278 g/mol. The number of ether oxygens (including phenoxy) is 1. The van der Waals surface area contributed by atoms with E-state index < -0.39 is 0 Å². The molecule has 6 nitrogen and oxygen atoms in total. The van der Waals surface area contributed by atoms with Gasteiger partial charge >= 0.3 is 5.97 Å². The van der Waals surface area contributed by atoms with Crippen molar-refractivity contribution in [2.45, 2.75) is 13.8 Å². The summed E-state index contributed by atoms with van der Waals surface area (Å²) < 4.78 is 6.75. The lowest BCUT2D eigenvalue weighted by Crippen LogP contribution is -2.46. The van der Waals surface area contributed by atoms with Crippen molar-refractivity contribution in [3.63, 3.8) is 0 Å². The number of hydrogen-bond donors (Lipinski definition) is 0. The zero-order chi connectivity index (χ0) is 14.7. The standard InChI is InChI=1S/C14H22N4O2/c1-5-20-14(19)12-10-16(4)15-13(12)18-8-6-17(7-9-18)11(2)3/h10H,2,5-9H2,1,3-4H3. The van der Waals surface area contributed by atoms with Crippen LogP contribution in [0.25, 0.3) is 0 Å². The summed E-state index contributed by atoms with van der Waals surface area (Å²) in [7, 11) is 1.82. The van der Waals surface area contributed by atoms with Crippen molar-refractivity contribution in [1.82, 2.24) is 14.7 Å². The largest absolute Gasteiger partial charge is 0.462 e. The quantitative estimate of drug-likeness (QED) is 0.776. The van der Waals surface area contributed by atoms with Gasteiger partial charge in [0.05, 0.1) is 6.61 Å². The van der Waals surface area contributed by atoms with Crippen LogP contribution < -0.4 is 4.90 Å². The van der Waals surface area contributed by atoms with E-state index in [4.69, 9.17) is 4.74 Å². The third-order valence-corrected chi connectivity index (χ3v) is 3.42. The van der Waals surface area contributed by atoms with Crippen molar-refractivity contribution in [3.8, 4) is 0 Å². The molecule has 0 amide bonds. The molecule has 2 heterocycles. The number of aryl methyl sites for hydroxylation is 1. The average Bonchev–Trinajstić information content (AvgIpc) is 2.81. The van der Waals surface area contributed by atoms with Crippen LogP contribution in [0.15, 0.2) is 18.5 Å². The van der Waals surface area contributed by atoms with Crippen molar-refractivity contribution in [2.75, 3.05) is 37.7 Å². The van der Waals surface area contributed by atoms with Crippen LogP contribution in [0, 0.1) is 0 Å². The molecular formula is C14H22N4O2. The molecule has 0 N–H and O–H groups in total. The second-order valence-corrected chi connectivity index (χ2v) is 4.97. The first-order valence-corrected chi connectivity index (χ1v) is 6.89. The normalized spacial score (nSPS) is 15.3. The van der Waals surface area contributed by atoms with Gasteiger partial charge in [0, 0.05) is 45.1 Å². The second kappa shape index (κ2) is 5.98. The van der Waals surface area contributed by atoms with Gasteiger partial charge in [-0.05, 0) is 13.8 Å². The van der Waals surface area contributed by atoms with Crippen molar-refractivity contribution in [3.05, 3.63) is 24.0 Å². The molecule has 0 aliphatic carbocycles. The van der Waals surface area contributed by atoms with E-state index in [1.165, 1.54) is 0 Å². The van der Waals surface area contributed by atoms with Crippen LogP contribution in [0.5, 0.6) is 0 Å². The zero-order valence-corrected chi connectivity index (χ0v) is 12.4. The monoisotopic (exact) mass is 278 g/mol. The summed E-state index contributed by atoms with van der Waals surface area (Å²) in [6.07, 6.45) is 1.72. The van der Waals surface area contributed by atoms with Crippen molar-refractivity contribution < 1.29 is 9.53 Å². The fourth-order valence-electron chi connectivity index (χ4n) is 2.36. The van der Waals surface area contributed by atoms with Crippen molar-refractivity contribution in [2.24, 2.45) is 7.05 Å². The number of rotatable bonds is 4. The van der Waals surface area contributed by atoms with Crippen LogP contribution in [-0.4, -0.2) is 53.4 Å². The van der Waals surface area contributed by atoms with Crippen LogP contribution in [-0.2, 0) is 11.8 Å². The van der Waals surface area contributed by atoms with E-state index >= 15 is 0 Å². The molecule has 0 aromatic carbocycles. The molecule has 0 bridgehead atoms. The topological polar surface area (TPSA) is 50.6 Å². The number of carbonyl (C=O) groups is 1. The van der Waals surface area contributed by atoms with Gasteiger partial charge in [-0.1, -0.05) is 6.58 Å². The highest BCUT2D eigenvalue weighted by Crippen LogP contribution is 2.21. The minimum atomic E-state index is -0.307. The molecule has 0 spiro atoms. The first-order chi connectivity index (χ1) is 9.52. The Balaban J connectivity index is 2.13. The van der Waals surface area contributed by atoms with Crippen LogP contribution in [0.3, 0.4) is 0 Å². The summed E-state index contributed by atoms with van der Waals surface area (Å²) in [5.74, 6) is 0.408. The number of carbonyl (C=O) groups excluding carboxylic acids is 1. The lowest BCUT2D eigenvalue weighted by Gasteiger charge is -2.36. The minimum absolute atomic E-state index is 0.307. The van der Waals surface area contributed by atoms with Gasteiger partial charge in [-0.25, -0.2) is 4.79 Å². The van der Waals surface area contributed by atoms with Crippen LogP contribution in [0.2, 0.25) is 0 Å². The summed E-state index contributed by atoms with van der Waals surface area (Å²) in [4.78, 5) is 16.3. The Hall–Kier alpha value is -1.98. The van der Waals surface area contributed by atoms with Gasteiger partial charge < -0.3 is 14.5 Å². The SMILES string of the molecule is C=C(C)N1CCN(c2nn(C)cc2C(=O)OCC)CC1. The van der Waals surface area contributed by atoms with Gasteiger partial charge in [-0.3, -0.25) is 4.68 Å². The van der Waals surface area contributed by atoms with E-state index in [9.17, 15) is 4.79 Å². The number of aromatic nitrogens is 2. The molecule has 1 fully saturated rings. The van der Waals surface area contributed by atoms with Gasteiger partial charge in [-0.2, -0.15) is 5.10 Å². The number of nitrogens with zero attached hydrogens (tertiary/aromatic N) is 4. The Morgan fingerprint density at radius 2 is 2.05 bits per heavy atom. The fourth-order valence-corrected chi connectivity index (χ4v) is 2.36. The van der Waals surface area contributed by atoms with Gasteiger partial charge in [0.25, 0.3) is 0 Å². The van der Waals surface area contributed by atoms with E-state index in [0.717, 1.165) is 31.9 Å². The van der Waals surface area contributed by atoms with E-state index in [1.807, 2.05) is 14.0 Å². The molecule has 1 aromatic rings. The third-order valence-electron chi connectivity index (χ3n) is 3.42. The molecule has 20 heavy (non-hydrogen) atoms. The van der Waals surface area contributed by atoms with Gasteiger partial charge in [0.2, 0.25) is 0 Å². The Morgan fingerprint density at radius 3 is 2.60 bits per heavy atom. The maximum Gasteiger partial charge on any atom is 0.343 e. The summed E-state index contributed by atoms with van der Waals surface area (Å²) in [5, 5.41) is 4.41. The first-order valence-electron chi connectivity index (χ1n) is 6.89. The molecule has 1 saturated heterocycles. The number of piperazine rings is 1. The van der Waals surface area contributed by atoms with Crippen molar-refractivity contribution in [1.29, 1.82) is 0 Å². The van der Waals surface area contributed by atoms with Gasteiger partial charge in [0.15, 0.2) is 5.82 Å². The number of hydrogen-bond acceptors (Lipinski definition) is 5. The minimum Gasteiger partial charge on any atom is -0.462 e. The molecule has 2 rings (SSSR count). The smallest absolute Gasteiger partial charge is 0.343 e. The lowest BCUT2D eigenvalue weighted by molar-refractivity contribution is 0.0527. The number of esters is 1. The maximum absolute atomic E-state index is 12.0. The van der Waals surface area contributed by atoms with Gasteiger partial charge in [-0.15, -0.1) is 0 Å². The second-order valence-electron chi connectivity index (χ2n) is 4.97. The summed E-state index contributed by atoms with van der Waals surface area (Å²) in [5.41, 5.74) is 1.62. The van der Waals surface area contributed by atoms with Crippen molar-refractivity contribution >= 4 is 11.8 Å². The van der Waals surface area contributed by atoms with E-state index in [1.54, 1.807) is 17.8 Å². The molecule has 1 aliphatic heterocycles. The molecule has 6 heteroatoms. The van der Waals surface area contributed by atoms with E-state index in [-0.39, 0.29) is 5.97 Å². The molecule has 0 radical (unpaired) electrons. The number of anilines is 1. The third kappa shape index (κ3) is 2.95.